The molecule has 7 nitrogen and oxygen atoms in total. The van der Waals surface area contributed by atoms with Gasteiger partial charge < -0.3 is 35.3 Å². The first-order chi connectivity index (χ1) is 26.6. The Morgan fingerprint density at radius 2 is 0.648 bits per heavy atom. The van der Waals surface area contributed by atoms with Gasteiger partial charge in [0.25, 0.3) is 0 Å². The molecule has 7 aromatic rings. The van der Waals surface area contributed by atoms with Crippen molar-refractivity contribution in [2.45, 2.75) is 33.0 Å². The van der Waals surface area contributed by atoms with Crippen LogP contribution in [0.1, 0.15) is 27.8 Å². The van der Waals surface area contributed by atoms with Crippen LogP contribution in [0.4, 0.5) is 34.1 Å². The average Bonchev–Trinajstić information content (AvgIpc) is 3.24. The second-order valence-corrected chi connectivity index (χ2v) is 12.9. The van der Waals surface area contributed by atoms with E-state index in [1.165, 1.54) is 0 Å². The molecule has 0 unspecified atom stereocenters. The van der Waals surface area contributed by atoms with E-state index in [1.807, 2.05) is 140 Å². The van der Waals surface area contributed by atoms with Crippen LogP contribution < -0.4 is 9.80 Å². The molecule has 0 aliphatic carbocycles. The molecule has 0 bridgehead atoms. The van der Waals surface area contributed by atoms with Crippen molar-refractivity contribution in [1.29, 1.82) is 0 Å². The third kappa shape index (κ3) is 7.15. The highest BCUT2D eigenvalue weighted by atomic mass is 16.3. The zero-order chi connectivity index (χ0) is 37.4. The van der Waals surface area contributed by atoms with Gasteiger partial charge in [-0.25, -0.2) is 0 Å². The fraction of sp³-hybridized carbons (Fsp3) is 0.106. The van der Waals surface area contributed by atoms with Gasteiger partial charge in [-0.05, 0) is 76.3 Å². The number of rotatable bonds is 13. The summed E-state index contributed by atoms with van der Waals surface area (Å²) in [5.41, 5.74) is 12.2. The number of hydrogen-bond acceptors (Lipinski definition) is 7. The first kappa shape index (κ1) is 36.3. The minimum Gasteiger partial charge on any atom is -0.392 e. The summed E-state index contributed by atoms with van der Waals surface area (Å²) in [6.07, 6.45) is 0. The summed E-state index contributed by atoms with van der Waals surface area (Å²) < 4.78 is 0. The Bertz CT molecular complexity index is 2260. The molecule has 5 N–H and O–H groups in total. The van der Waals surface area contributed by atoms with Crippen molar-refractivity contribution in [3.8, 4) is 22.3 Å². The second kappa shape index (κ2) is 16.7. The zero-order valence-corrected chi connectivity index (χ0v) is 29.8. The molecule has 7 heteroatoms. The third-order valence-electron chi connectivity index (χ3n) is 9.79. The maximum Gasteiger partial charge on any atom is 0.0702 e. The molecule has 0 saturated heterocycles. The summed E-state index contributed by atoms with van der Waals surface area (Å²) in [5.74, 6) is 0. The van der Waals surface area contributed by atoms with E-state index in [0.717, 1.165) is 84.2 Å². The minimum absolute atomic E-state index is 0.144. The largest absolute Gasteiger partial charge is 0.392 e. The standard InChI is InChI=1S/C47H42N2O5/c50-28-34-11-1-6-16-41(34)43-27-40(49(46-19-9-4-14-37(46)31-53)47-20-10-5-15-38(47)32-54)25-26-42(43)33-21-23-39(24-22-33)48(44-17-7-2-12-35(44)29-51)45-18-8-3-13-36(45)30-52/h1-27,50-54H,28-32H2. The van der Waals surface area contributed by atoms with Crippen molar-refractivity contribution in [2.24, 2.45) is 0 Å². The zero-order valence-electron chi connectivity index (χ0n) is 29.8. The number of hydrogen-bond donors (Lipinski definition) is 5. The molecular formula is C47H42N2O5. The second-order valence-electron chi connectivity index (χ2n) is 12.9. The summed E-state index contributed by atoms with van der Waals surface area (Å²) >= 11 is 0. The van der Waals surface area contributed by atoms with Gasteiger partial charge in [0, 0.05) is 33.6 Å². The lowest BCUT2D eigenvalue weighted by atomic mass is 9.90. The summed E-state index contributed by atoms with van der Waals surface area (Å²) in [6, 6.07) is 53.0. The van der Waals surface area contributed by atoms with Crippen LogP contribution in [0.5, 0.6) is 0 Å². The molecule has 54 heavy (non-hydrogen) atoms. The van der Waals surface area contributed by atoms with Crippen LogP contribution in [0.15, 0.2) is 164 Å². The SMILES string of the molecule is OCc1ccccc1-c1cc(N(c2ccccc2CO)c2ccccc2CO)ccc1-c1ccc(N(c2ccccc2CO)c2ccccc2CO)cc1. The maximum atomic E-state index is 10.5. The lowest BCUT2D eigenvalue weighted by Crippen LogP contribution is -2.14. The van der Waals surface area contributed by atoms with Gasteiger partial charge in [-0.2, -0.15) is 0 Å². The van der Waals surface area contributed by atoms with Gasteiger partial charge in [0.1, 0.15) is 0 Å². The number of nitrogens with zero attached hydrogens (tertiary/aromatic N) is 2. The molecule has 0 heterocycles. The first-order valence-electron chi connectivity index (χ1n) is 17.9. The van der Waals surface area contributed by atoms with E-state index in [9.17, 15) is 25.5 Å². The van der Waals surface area contributed by atoms with Gasteiger partial charge in [0.15, 0.2) is 0 Å². The van der Waals surface area contributed by atoms with E-state index in [4.69, 9.17) is 0 Å². The Labute approximate surface area is 315 Å². The van der Waals surface area contributed by atoms with Crippen LogP contribution in [-0.2, 0) is 33.0 Å². The molecule has 0 radical (unpaired) electrons. The van der Waals surface area contributed by atoms with Gasteiger partial charge in [0.2, 0.25) is 0 Å². The molecule has 7 aromatic carbocycles. The van der Waals surface area contributed by atoms with E-state index in [1.54, 1.807) is 0 Å². The summed E-state index contributed by atoms with van der Waals surface area (Å²) in [5, 5.41) is 51.9. The molecule has 0 fully saturated rings. The van der Waals surface area contributed by atoms with E-state index < -0.39 is 0 Å². The Kier molecular flexibility index (Phi) is 11.3. The lowest BCUT2D eigenvalue weighted by Gasteiger charge is -2.30. The van der Waals surface area contributed by atoms with Gasteiger partial charge >= 0.3 is 0 Å². The number of para-hydroxylation sites is 4. The average molecular weight is 715 g/mol. The van der Waals surface area contributed by atoms with Crippen molar-refractivity contribution < 1.29 is 25.5 Å². The molecule has 0 aromatic heterocycles. The van der Waals surface area contributed by atoms with Gasteiger partial charge in [-0.15, -0.1) is 0 Å². The highest BCUT2D eigenvalue weighted by molar-refractivity contribution is 5.91. The van der Waals surface area contributed by atoms with Crippen LogP contribution >= 0.6 is 0 Å². The Balaban J connectivity index is 1.41. The van der Waals surface area contributed by atoms with Crippen LogP contribution in [0.3, 0.4) is 0 Å². The number of anilines is 6. The summed E-state index contributed by atoms with van der Waals surface area (Å²) in [6.45, 7) is -0.766. The van der Waals surface area contributed by atoms with E-state index in [0.29, 0.717) is 0 Å². The van der Waals surface area contributed by atoms with E-state index in [-0.39, 0.29) is 33.0 Å². The first-order valence-corrected chi connectivity index (χ1v) is 17.9. The maximum absolute atomic E-state index is 10.5. The predicted octanol–water partition coefficient (Wildman–Crippen LogP) is 9.42. The fourth-order valence-electron chi connectivity index (χ4n) is 7.12. The minimum atomic E-state index is -0.165. The predicted molar refractivity (Wildman–Crippen MR) is 216 cm³/mol. The molecule has 0 aliphatic heterocycles. The van der Waals surface area contributed by atoms with Crippen LogP contribution in [0.25, 0.3) is 22.3 Å². The van der Waals surface area contributed by atoms with Crippen molar-refractivity contribution in [2.75, 3.05) is 9.80 Å². The smallest absolute Gasteiger partial charge is 0.0702 e. The highest BCUT2D eigenvalue weighted by Crippen LogP contribution is 2.45. The van der Waals surface area contributed by atoms with Crippen molar-refractivity contribution in [1.82, 2.24) is 0 Å². The monoisotopic (exact) mass is 714 g/mol. The van der Waals surface area contributed by atoms with Crippen LogP contribution in [0, 0.1) is 0 Å². The molecule has 270 valence electrons. The third-order valence-corrected chi connectivity index (χ3v) is 9.79. The van der Waals surface area contributed by atoms with Crippen molar-refractivity contribution >= 4 is 34.1 Å². The van der Waals surface area contributed by atoms with E-state index >= 15 is 0 Å². The number of aliphatic hydroxyl groups is 5. The quantitative estimate of drug-likeness (QED) is 0.0810. The van der Waals surface area contributed by atoms with Gasteiger partial charge in [-0.1, -0.05) is 115 Å². The molecule has 0 aliphatic rings. The van der Waals surface area contributed by atoms with Crippen molar-refractivity contribution in [3.05, 3.63) is 192 Å². The molecular weight excluding hydrogens is 673 g/mol. The van der Waals surface area contributed by atoms with Crippen LogP contribution in [0.2, 0.25) is 0 Å². The molecule has 0 spiro atoms. The normalized spacial score (nSPS) is 11.1. The Morgan fingerprint density at radius 3 is 1.07 bits per heavy atom. The topological polar surface area (TPSA) is 108 Å². The Morgan fingerprint density at radius 1 is 0.296 bits per heavy atom. The summed E-state index contributed by atoms with van der Waals surface area (Å²) in [4.78, 5) is 4.12. The van der Waals surface area contributed by atoms with Gasteiger partial charge in [-0.3, -0.25) is 0 Å². The Hall–Kier alpha value is -6.06. The molecule has 7 rings (SSSR count). The van der Waals surface area contributed by atoms with E-state index in [2.05, 4.69) is 34.1 Å². The number of aliphatic hydroxyl groups excluding tert-OH is 5. The molecule has 0 amide bonds. The highest BCUT2D eigenvalue weighted by Gasteiger charge is 2.22. The van der Waals surface area contributed by atoms with Crippen molar-refractivity contribution in [3.63, 3.8) is 0 Å². The van der Waals surface area contributed by atoms with Gasteiger partial charge in [0.05, 0.1) is 55.8 Å². The van der Waals surface area contributed by atoms with Crippen LogP contribution in [-0.4, -0.2) is 25.5 Å². The summed E-state index contributed by atoms with van der Waals surface area (Å²) in [7, 11) is 0. The molecule has 0 saturated carbocycles. The lowest BCUT2D eigenvalue weighted by molar-refractivity contribution is 0.281. The fourth-order valence-corrected chi connectivity index (χ4v) is 7.12. The number of benzene rings is 7. The molecule has 0 atom stereocenters.